The lowest BCUT2D eigenvalue weighted by Crippen LogP contribution is -2.29. The zero-order valence-corrected chi connectivity index (χ0v) is 10.5. The molecule has 0 atom stereocenters. The highest BCUT2D eigenvalue weighted by molar-refractivity contribution is 5.79. The molecule has 1 aromatic carbocycles. The average molecular weight is 258 g/mol. The van der Waals surface area contributed by atoms with Crippen molar-refractivity contribution in [2.24, 2.45) is 0 Å². The van der Waals surface area contributed by atoms with Crippen LogP contribution in [0.2, 0.25) is 0 Å². The number of carbonyl (C=O) groups excluding carboxylic acids is 1. The standard InChI is InChI=1S/C13H16F2O3/c1-4-18-11(16)13(14,15)10-7-5-6-9(8-10)12(2,3)17/h5-8,17H,4H2,1-3H3. The van der Waals surface area contributed by atoms with Gasteiger partial charge in [0.2, 0.25) is 0 Å². The van der Waals surface area contributed by atoms with Gasteiger partial charge in [0.05, 0.1) is 12.2 Å². The number of rotatable bonds is 4. The number of ether oxygens (including phenoxy) is 1. The summed E-state index contributed by atoms with van der Waals surface area (Å²) < 4.78 is 31.8. The van der Waals surface area contributed by atoms with Crippen LogP contribution in [0.5, 0.6) is 0 Å². The number of hydrogen-bond donors (Lipinski definition) is 1. The Morgan fingerprint density at radius 3 is 2.39 bits per heavy atom. The molecule has 1 aromatic rings. The Balaban J connectivity index is 3.13. The molecule has 0 heterocycles. The van der Waals surface area contributed by atoms with Crippen molar-refractivity contribution in [3.8, 4) is 0 Å². The molecule has 0 unspecified atom stereocenters. The van der Waals surface area contributed by atoms with Crippen LogP contribution in [0.15, 0.2) is 24.3 Å². The lowest BCUT2D eigenvalue weighted by atomic mass is 9.95. The molecular formula is C13H16F2O3. The van der Waals surface area contributed by atoms with Gasteiger partial charge in [-0.25, -0.2) is 4.79 Å². The molecule has 0 aliphatic rings. The second-order valence-electron chi connectivity index (χ2n) is 4.43. The van der Waals surface area contributed by atoms with Crippen LogP contribution in [0.4, 0.5) is 8.78 Å². The van der Waals surface area contributed by atoms with E-state index >= 15 is 0 Å². The van der Waals surface area contributed by atoms with E-state index in [1.165, 1.54) is 32.9 Å². The van der Waals surface area contributed by atoms with Gasteiger partial charge in [-0.15, -0.1) is 0 Å². The van der Waals surface area contributed by atoms with Gasteiger partial charge in [0.25, 0.3) is 0 Å². The fraction of sp³-hybridized carbons (Fsp3) is 0.462. The minimum atomic E-state index is -3.71. The summed E-state index contributed by atoms with van der Waals surface area (Å²) in [7, 11) is 0. The molecule has 0 aliphatic heterocycles. The lowest BCUT2D eigenvalue weighted by molar-refractivity contribution is -0.173. The van der Waals surface area contributed by atoms with Crippen LogP contribution >= 0.6 is 0 Å². The van der Waals surface area contributed by atoms with Gasteiger partial charge in [-0.05, 0) is 32.4 Å². The normalized spacial score (nSPS) is 12.3. The number of carbonyl (C=O) groups is 1. The van der Waals surface area contributed by atoms with Gasteiger partial charge in [0.15, 0.2) is 0 Å². The topological polar surface area (TPSA) is 46.5 Å². The number of halogens is 2. The van der Waals surface area contributed by atoms with Crippen molar-refractivity contribution in [3.63, 3.8) is 0 Å². The van der Waals surface area contributed by atoms with Crippen LogP contribution in [-0.2, 0) is 21.1 Å². The van der Waals surface area contributed by atoms with E-state index in [1.54, 1.807) is 0 Å². The zero-order valence-electron chi connectivity index (χ0n) is 10.5. The Morgan fingerprint density at radius 1 is 1.33 bits per heavy atom. The highest BCUT2D eigenvalue weighted by Gasteiger charge is 2.43. The first-order valence-corrected chi connectivity index (χ1v) is 5.58. The van der Waals surface area contributed by atoms with E-state index in [0.29, 0.717) is 5.56 Å². The molecule has 100 valence electrons. The first kappa shape index (κ1) is 14.6. The molecule has 0 radical (unpaired) electrons. The molecule has 0 saturated carbocycles. The summed E-state index contributed by atoms with van der Waals surface area (Å²) in [4.78, 5) is 11.2. The van der Waals surface area contributed by atoms with Crippen molar-refractivity contribution in [1.29, 1.82) is 0 Å². The van der Waals surface area contributed by atoms with E-state index < -0.39 is 23.1 Å². The van der Waals surface area contributed by atoms with Crippen LogP contribution < -0.4 is 0 Å². The maximum Gasteiger partial charge on any atom is 0.381 e. The average Bonchev–Trinajstić information content (AvgIpc) is 2.28. The Hall–Kier alpha value is -1.49. The molecule has 5 heteroatoms. The van der Waals surface area contributed by atoms with Crippen molar-refractivity contribution < 1.29 is 23.4 Å². The summed E-state index contributed by atoms with van der Waals surface area (Å²) >= 11 is 0. The first-order chi connectivity index (χ1) is 8.19. The molecule has 0 bridgehead atoms. The van der Waals surface area contributed by atoms with Crippen LogP contribution in [0.3, 0.4) is 0 Å². The Bertz CT molecular complexity index is 436. The molecule has 3 nitrogen and oxygen atoms in total. The first-order valence-electron chi connectivity index (χ1n) is 5.58. The maximum atomic E-state index is 13.7. The molecule has 0 aromatic heterocycles. The van der Waals surface area contributed by atoms with E-state index in [1.807, 2.05) is 0 Å². The molecular weight excluding hydrogens is 242 g/mol. The summed E-state index contributed by atoms with van der Waals surface area (Å²) in [5.74, 6) is -5.30. The minimum absolute atomic E-state index is 0.112. The van der Waals surface area contributed by atoms with Gasteiger partial charge < -0.3 is 9.84 Å². The Morgan fingerprint density at radius 2 is 1.89 bits per heavy atom. The van der Waals surface area contributed by atoms with E-state index in [4.69, 9.17) is 0 Å². The number of esters is 1. The minimum Gasteiger partial charge on any atom is -0.461 e. The van der Waals surface area contributed by atoms with Crippen LogP contribution in [0, 0.1) is 0 Å². The molecule has 0 spiro atoms. The van der Waals surface area contributed by atoms with E-state index in [-0.39, 0.29) is 6.61 Å². The quantitative estimate of drug-likeness (QED) is 0.844. The predicted octanol–water partition coefficient (Wildman–Crippen LogP) is 2.57. The third-order valence-corrected chi connectivity index (χ3v) is 2.46. The monoisotopic (exact) mass is 258 g/mol. The highest BCUT2D eigenvalue weighted by atomic mass is 19.3. The van der Waals surface area contributed by atoms with Crippen LogP contribution in [0.1, 0.15) is 31.9 Å². The Labute approximate surface area is 104 Å². The Kier molecular flexibility index (Phi) is 4.06. The number of benzene rings is 1. The van der Waals surface area contributed by atoms with Crippen molar-refractivity contribution in [3.05, 3.63) is 35.4 Å². The lowest BCUT2D eigenvalue weighted by Gasteiger charge is -2.21. The fourth-order valence-electron chi connectivity index (χ4n) is 1.43. The van der Waals surface area contributed by atoms with Crippen molar-refractivity contribution in [1.82, 2.24) is 0 Å². The number of alkyl halides is 2. The van der Waals surface area contributed by atoms with Gasteiger partial charge in [-0.1, -0.05) is 18.2 Å². The van der Waals surface area contributed by atoms with Crippen molar-refractivity contribution in [2.45, 2.75) is 32.3 Å². The number of aliphatic hydroxyl groups is 1. The molecule has 1 N–H and O–H groups in total. The molecule has 1 rings (SSSR count). The molecule has 0 aliphatic carbocycles. The second-order valence-corrected chi connectivity index (χ2v) is 4.43. The van der Waals surface area contributed by atoms with Gasteiger partial charge in [-0.3, -0.25) is 0 Å². The smallest absolute Gasteiger partial charge is 0.381 e. The van der Waals surface area contributed by atoms with Crippen molar-refractivity contribution in [2.75, 3.05) is 6.61 Å². The van der Waals surface area contributed by atoms with Gasteiger partial charge >= 0.3 is 11.9 Å². The van der Waals surface area contributed by atoms with E-state index in [0.717, 1.165) is 12.1 Å². The SMILES string of the molecule is CCOC(=O)C(F)(F)c1cccc(C(C)(C)O)c1. The van der Waals surface area contributed by atoms with Gasteiger partial charge in [0, 0.05) is 5.56 Å². The van der Waals surface area contributed by atoms with Crippen LogP contribution in [0.25, 0.3) is 0 Å². The second kappa shape index (κ2) is 5.02. The summed E-state index contributed by atoms with van der Waals surface area (Å²) in [6.07, 6.45) is 0. The number of hydrogen-bond acceptors (Lipinski definition) is 3. The molecule has 0 amide bonds. The largest absolute Gasteiger partial charge is 0.461 e. The predicted molar refractivity (Wildman–Crippen MR) is 62.2 cm³/mol. The summed E-state index contributed by atoms with van der Waals surface area (Å²) in [6, 6.07) is 5.13. The zero-order chi connectivity index (χ0) is 14.0. The van der Waals surface area contributed by atoms with Gasteiger partial charge in [-0.2, -0.15) is 8.78 Å². The van der Waals surface area contributed by atoms with E-state index in [9.17, 15) is 18.7 Å². The summed E-state index contributed by atoms with van der Waals surface area (Å²) in [5.41, 5.74) is -1.43. The van der Waals surface area contributed by atoms with E-state index in [2.05, 4.69) is 4.74 Å². The molecule has 0 saturated heterocycles. The summed E-state index contributed by atoms with van der Waals surface area (Å²) in [6.45, 7) is 4.31. The maximum absolute atomic E-state index is 13.7. The fourth-order valence-corrected chi connectivity index (χ4v) is 1.43. The third kappa shape index (κ3) is 3.04. The highest BCUT2D eigenvalue weighted by Crippen LogP contribution is 2.32. The third-order valence-electron chi connectivity index (χ3n) is 2.46. The molecule has 0 fully saturated rings. The van der Waals surface area contributed by atoms with Gasteiger partial charge in [0.1, 0.15) is 0 Å². The summed E-state index contributed by atoms with van der Waals surface area (Å²) in [5, 5.41) is 9.76. The molecule has 18 heavy (non-hydrogen) atoms. The van der Waals surface area contributed by atoms with Crippen LogP contribution in [-0.4, -0.2) is 17.7 Å². The van der Waals surface area contributed by atoms with Crippen molar-refractivity contribution >= 4 is 5.97 Å².